The molecular formula is C19H29NO3. The highest BCUT2D eigenvalue weighted by Crippen LogP contribution is 2.10. The highest BCUT2D eigenvalue weighted by atomic mass is 16.5. The van der Waals surface area contributed by atoms with E-state index in [1.165, 1.54) is 30.6 Å². The number of esters is 1. The number of carbonyl (C=O) groups excluding carboxylic acids is 2. The van der Waals surface area contributed by atoms with Gasteiger partial charge in [-0.3, -0.25) is 9.59 Å². The second-order valence-electron chi connectivity index (χ2n) is 5.96. The third-order valence-electron chi connectivity index (χ3n) is 3.85. The normalized spacial score (nSPS) is 10.4. The van der Waals surface area contributed by atoms with Gasteiger partial charge < -0.3 is 9.64 Å². The number of unbranched alkanes of at least 4 members (excludes halogenated alkanes) is 5. The summed E-state index contributed by atoms with van der Waals surface area (Å²) >= 11 is 0. The number of hydrogen-bond acceptors (Lipinski definition) is 3. The summed E-state index contributed by atoms with van der Waals surface area (Å²) in [6, 6.07) is 7.37. The maximum atomic E-state index is 12.3. The first-order chi connectivity index (χ1) is 11.1. The minimum Gasteiger partial charge on any atom is -0.464 e. The fourth-order valence-corrected chi connectivity index (χ4v) is 2.40. The second kappa shape index (κ2) is 10.8. The summed E-state index contributed by atoms with van der Waals surface area (Å²) in [5.74, 6) is -0.498. The molecule has 0 saturated heterocycles. The number of nitrogens with zero attached hydrogens (tertiary/aromatic N) is 1. The van der Waals surface area contributed by atoms with Crippen LogP contribution in [0.3, 0.4) is 0 Å². The molecule has 0 radical (unpaired) electrons. The van der Waals surface area contributed by atoms with E-state index in [0.717, 1.165) is 18.4 Å². The number of rotatable bonds is 10. The molecule has 128 valence electrons. The highest BCUT2D eigenvalue weighted by Gasteiger charge is 2.16. The van der Waals surface area contributed by atoms with E-state index >= 15 is 0 Å². The molecule has 0 fully saturated rings. The van der Waals surface area contributed by atoms with E-state index < -0.39 is 0 Å². The lowest BCUT2D eigenvalue weighted by Gasteiger charge is -2.17. The van der Waals surface area contributed by atoms with Gasteiger partial charge in [0.25, 0.3) is 5.91 Å². The maximum Gasteiger partial charge on any atom is 0.325 e. The SMILES string of the molecule is CCCCCCCCOC(=O)CN(C)C(=O)c1ccccc1C. The largest absolute Gasteiger partial charge is 0.464 e. The van der Waals surface area contributed by atoms with Gasteiger partial charge >= 0.3 is 5.97 Å². The summed E-state index contributed by atoms with van der Waals surface area (Å²) in [5, 5.41) is 0. The van der Waals surface area contributed by atoms with Gasteiger partial charge in [-0.1, -0.05) is 57.2 Å². The predicted octanol–water partition coefficient (Wildman–Crippen LogP) is 3.97. The van der Waals surface area contributed by atoms with Crippen LogP contribution in [0, 0.1) is 6.92 Å². The Kier molecular flexibility index (Phi) is 9.03. The molecule has 0 aliphatic carbocycles. The molecule has 1 rings (SSSR count). The van der Waals surface area contributed by atoms with Crippen LogP contribution < -0.4 is 0 Å². The quantitative estimate of drug-likeness (QED) is 0.484. The van der Waals surface area contributed by atoms with Crippen molar-refractivity contribution in [3.8, 4) is 0 Å². The van der Waals surface area contributed by atoms with Gasteiger partial charge in [-0.15, -0.1) is 0 Å². The molecule has 23 heavy (non-hydrogen) atoms. The maximum absolute atomic E-state index is 12.3. The molecule has 0 saturated carbocycles. The van der Waals surface area contributed by atoms with Gasteiger partial charge in [0.05, 0.1) is 6.61 Å². The number of hydrogen-bond donors (Lipinski definition) is 0. The Hall–Kier alpha value is -1.84. The third kappa shape index (κ3) is 7.31. The molecule has 0 unspecified atom stereocenters. The fourth-order valence-electron chi connectivity index (χ4n) is 2.40. The molecule has 1 aromatic rings. The third-order valence-corrected chi connectivity index (χ3v) is 3.85. The van der Waals surface area contributed by atoms with E-state index in [1.54, 1.807) is 13.1 Å². The molecule has 4 heteroatoms. The van der Waals surface area contributed by atoms with E-state index in [0.29, 0.717) is 12.2 Å². The monoisotopic (exact) mass is 319 g/mol. The Balaban J connectivity index is 2.26. The van der Waals surface area contributed by atoms with Gasteiger partial charge in [0.1, 0.15) is 6.54 Å². The van der Waals surface area contributed by atoms with Crippen LogP contribution >= 0.6 is 0 Å². The molecule has 0 aliphatic heterocycles. The number of carbonyl (C=O) groups is 2. The minimum atomic E-state index is -0.344. The molecule has 0 atom stereocenters. The van der Waals surface area contributed by atoms with Crippen molar-refractivity contribution in [2.75, 3.05) is 20.2 Å². The molecule has 0 aliphatic rings. The molecule has 0 heterocycles. The fraction of sp³-hybridized carbons (Fsp3) is 0.579. The van der Waals surface area contributed by atoms with Gasteiger partial charge in [-0.05, 0) is 25.0 Å². The molecular weight excluding hydrogens is 290 g/mol. The second-order valence-corrected chi connectivity index (χ2v) is 5.96. The van der Waals surface area contributed by atoms with Crippen LogP contribution in [-0.4, -0.2) is 37.0 Å². The first-order valence-electron chi connectivity index (χ1n) is 8.53. The number of likely N-dealkylation sites (N-methyl/N-ethyl adjacent to an activating group) is 1. The van der Waals surface area contributed by atoms with Gasteiger partial charge in [-0.25, -0.2) is 0 Å². The predicted molar refractivity (Wildman–Crippen MR) is 92.5 cm³/mol. The lowest BCUT2D eigenvalue weighted by molar-refractivity contribution is -0.144. The zero-order valence-corrected chi connectivity index (χ0v) is 14.6. The van der Waals surface area contributed by atoms with Crippen LogP contribution in [0.5, 0.6) is 0 Å². The standard InChI is InChI=1S/C19H29NO3/c1-4-5-6-7-8-11-14-23-18(21)15-20(3)19(22)17-13-10-9-12-16(17)2/h9-10,12-13H,4-8,11,14-15H2,1-3H3. The molecule has 1 amide bonds. The van der Waals surface area contributed by atoms with Crippen molar-refractivity contribution >= 4 is 11.9 Å². The van der Waals surface area contributed by atoms with Crippen molar-refractivity contribution in [1.29, 1.82) is 0 Å². The molecule has 0 bridgehead atoms. The van der Waals surface area contributed by atoms with Crippen LogP contribution in [0.4, 0.5) is 0 Å². The Morgan fingerprint density at radius 3 is 2.39 bits per heavy atom. The summed E-state index contributed by atoms with van der Waals surface area (Å²) in [5.41, 5.74) is 1.53. The van der Waals surface area contributed by atoms with E-state index in [1.807, 2.05) is 25.1 Å². The Bertz CT molecular complexity index is 499. The van der Waals surface area contributed by atoms with Crippen molar-refractivity contribution in [2.45, 2.75) is 52.4 Å². The summed E-state index contributed by atoms with van der Waals surface area (Å²) in [6.07, 6.45) is 6.92. The van der Waals surface area contributed by atoms with E-state index in [-0.39, 0.29) is 18.4 Å². The van der Waals surface area contributed by atoms with Crippen molar-refractivity contribution < 1.29 is 14.3 Å². The van der Waals surface area contributed by atoms with Gasteiger partial charge in [-0.2, -0.15) is 0 Å². The summed E-state index contributed by atoms with van der Waals surface area (Å²) < 4.78 is 5.20. The van der Waals surface area contributed by atoms with Crippen molar-refractivity contribution in [2.24, 2.45) is 0 Å². The van der Waals surface area contributed by atoms with Crippen LogP contribution in [0.1, 0.15) is 61.4 Å². The Morgan fingerprint density at radius 2 is 1.70 bits per heavy atom. The van der Waals surface area contributed by atoms with E-state index in [9.17, 15) is 9.59 Å². The average molecular weight is 319 g/mol. The average Bonchev–Trinajstić information content (AvgIpc) is 2.53. The first-order valence-corrected chi connectivity index (χ1v) is 8.53. The van der Waals surface area contributed by atoms with Crippen LogP contribution in [0.25, 0.3) is 0 Å². The zero-order valence-electron chi connectivity index (χ0n) is 14.6. The van der Waals surface area contributed by atoms with Crippen molar-refractivity contribution in [3.63, 3.8) is 0 Å². The van der Waals surface area contributed by atoms with Crippen molar-refractivity contribution in [1.82, 2.24) is 4.90 Å². The molecule has 0 N–H and O–H groups in total. The smallest absolute Gasteiger partial charge is 0.325 e. The minimum absolute atomic E-state index is 0.0109. The number of ether oxygens (including phenoxy) is 1. The number of aryl methyl sites for hydroxylation is 1. The van der Waals surface area contributed by atoms with Crippen LogP contribution in [-0.2, 0) is 9.53 Å². The van der Waals surface area contributed by atoms with Crippen molar-refractivity contribution in [3.05, 3.63) is 35.4 Å². The zero-order chi connectivity index (χ0) is 17.1. The highest BCUT2D eigenvalue weighted by molar-refractivity contribution is 5.97. The lowest BCUT2D eigenvalue weighted by Crippen LogP contribution is -2.33. The molecule has 0 spiro atoms. The lowest BCUT2D eigenvalue weighted by atomic mass is 10.1. The topological polar surface area (TPSA) is 46.6 Å². The Labute approximate surface area is 139 Å². The first kappa shape index (κ1) is 19.2. The molecule has 0 aromatic heterocycles. The van der Waals surface area contributed by atoms with Gasteiger partial charge in [0.2, 0.25) is 0 Å². The summed E-state index contributed by atoms with van der Waals surface area (Å²) in [6.45, 7) is 4.51. The molecule has 1 aromatic carbocycles. The van der Waals surface area contributed by atoms with E-state index in [4.69, 9.17) is 4.74 Å². The summed E-state index contributed by atoms with van der Waals surface area (Å²) in [7, 11) is 1.63. The number of benzene rings is 1. The number of amides is 1. The van der Waals surface area contributed by atoms with Gasteiger partial charge in [0, 0.05) is 12.6 Å². The Morgan fingerprint density at radius 1 is 1.04 bits per heavy atom. The van der Waals surface area contributed by atoms with Gasteiger partial charge in [0.15, 0.2) is 0 Å². The van der Waals surface area contributed by atoms with E-state index in [2.05, 4.69) is 6.92 Å². The van der Waals surface area contributed by atoms with Crippen LogP contribution in [0.15, 0.2) is 24.3 Å². The van der Waals surface area contributed by atoms with Crippen LogP contribution in [0.2, 0.25) is 0 Å². The molecule has 4 nitrogen and oxygen atoms in total. The summed E-state index contributed by atoms with van der Waals surface area (Å²) in [4.78, 5) is 25.5.